The lowest BCUT2D eigenvalue weighted by atomic mass is 10.1. The van der Waals surface area contributed by atoms with E-state index in [1.54, 1.807) is 19.1 Å². The van der Waals surface area contributed by atoms with Crippen LogP contribution in [-0.4, -0.2) is 37.1 Å². The molecule has 0 fully saturated rings. The van der Waals surface area contributed by atoms with E-state index in [9.17, 15) is 13.5 Å². The van der Waals surface area contributed by atoms with Gasteiger partial charge in [-0.3, -0.25) is 0 Å². The Kier molecular flexibility index (Phi) is 4.68. The molecule has 2 N–H and O–H groups in total. The van der Waals surface area contributed by atoms with Crippen LogP contribution in [0.3, 0.4) is 0 Å². The van der Waals surface area contributed by atoms with Gasteiger partial charge < -0.3 is 10.2 Å². The van der Waals surface area contributed by atoms with Gasteiger partial charge in [-0.05, 0) is 19.4 Å². The highest BCUT2D eigenvalue weighted by atomic mass is 32.2. The number of hydrogen-bond acceptors (Lipinski definition) is 4. The van der Waals surface area contributed by atoms with Crippen molar-refractivity contribution < 1.29 is 18.6 Å². The molecule has 0 radical (unpaired) electrons. The first kappa shape index (κ1) is 14.2. The number of aliphatic hydroxyl groups excluding tert-OH is 2. The molecular formula is C12H18O4S. The number of aliphatic hydroxyl groups is 2. The first-order valence-corrected chi connectivity index (χ1v) is 7.15. The Morgan fingerprint density at radius 2 is 2.00 bits per heavy atom. The molecule has 96 valence electrons. The molecule has 5 heteroatoms. The Balaban J connectivity index is 2.92. The van der Waals surface area contributed by atoms with Crippen LogP contribution in [0.1, 0.15) is 23.3 Å². The zero-order chi connectivity index (χ0) is 13.1. The first-order valence-electron chi connectivity index (χ1n) is 5.44. The zero-order valence-corrected chi connectivity index (χ0v) is 10.8. The second-order valence-electron chi connectivity index (χ2n) is 4.22. The van der Waals surface area contributed by atoms with Crippen LogP contribution in [0.2, 0.25) is 0 Å². The lowest BCUT2D eigenvalue weighted by Crippen LogP contribution is -2.27. The van der Waals surface area contributed by atoms with Crippen LogP contribution in [0.25, 0.3) is 0 Å². The number of sulfone groups is 1. The van der Waals surface area contributed by atoms with Gasteiger partial charge in [0, 0.05) is 0 Å². The van der Waals surface area contributed by atoms with Crippen LogP contribution in [0.5, 0.6) is 0 Å². The molecule has 2 atom stereocenters. The zero-order valence-electron chi connectivity index (χ0n) is 10.00. The molecular weight excluding hydrogens is 240 g/mol. The van der Waals surface area contributed by atoms with E-state index >= 15 is 0 Å². The summed E-state index contributed by atoms with van der Waals surface area (Å²) < 4.78 is 23.9. The van der Waals surface area contributed by atoms with Crippen LogP contribution < -0.4 is 0 Å². The molecule has 0 aliphatic rings. The predicted octanol–water partition coefficient (Wildman–Crippen LogP) is 0.824. The van der Waals surface area contributed by atoms with Crippen molar-refractivity contribution >= 4 is 9.84 Å². The molecule has 1 aromatic carbocycles. The Morgan fingerprint density at radius 1 is 1.35 bits per heavy atom. The van der Waals surface area contributed by atoms with Gasteiger partial charge >= 0.3 is 0 Å². The second kappa shape index (κ2) is 5.62. The maximum Gasteiger partial charge on any atom is 0.159 e. The Labute approximate surface area is 102 Å². The van der Waals surface area contributed by atoms with E-state index in [0.717, 1.165) is 5.56 Å². The lowest BCUT2D eigenvalue weighted by Gasteiger charge is -2.15. The molecule has 1 rings (SSSR count). The molecule has 0 amide bonds. The monoisotopic (exact) mass is 258 g/mol. The molecule has 0 aliphatic heterocycles. The number of aryl methyl sites for hydroxylation is 1. The molecule has 4 nitrogen and oxygen atoms in total. The summed E-state index contributed by atoms with van der Waals surface area (Å²) in [6, 6.07) is 7.26. The van der Waals surface area contributed by atoms with Crippen LogP contribution in [0.4, 0.5) is 0 Å². The molecule has 17 heavy (non-hydrogen) atoms. The number of hydrogen-bond donors (Lipinski definition) is 2. The van der Waals surface area contributed by atoms with Crippen molar-refractivity contribution in [3.05, 3.63) is 35.4 Å². The van der Waals surface area contributed by atoms with Gasteiger partial charge in [-0.2, -0.15) is 0 Å². The molecule has 0 aromatic heterocycles. The van der Waals surface area contributed by atoms with Crippen molar-refractivity contribution in [3.63, 3.8) is 0 Å². The van der Waals surface area contributed by atoms with Crippen LogP contribution in [0.15, 0.2) is 24.3 Å². The molecule has 0 spiro atoms. The van der Waals surface area contributed by atoms with E-state index < -0.39 is 33.6 Å². The fourth-order valence-electron chi connectivity index (χ4n) is 1.60. The first-order chi connectivity index (χ1) is 7.86. The highest BCUT2D eigenvalue weighted by Crippen LogP contribution is 2.23. The summed E-state index contributed by atoms with van der Waals surface area (Å²) in [5.41, 5.74) is 1.70. The third-order valence-corrected chi connectivity index (χ3v) is 4.88. The van der Waals surface area contributed by atoms with Crippen molar-refractivity contribution in [2.75, 3.05) is 12.4 Å². The van der Waals surface area contributed by atoms with E-state index in [1.165, 1.54) is 0 Å². The Hall–Kier alpha value is -0.910. The van der Waals surface area contributed by atoms with Gasteiger partial charge in [0.05, 0.1) is 23.7 Å². The summed E-state index contributed by atoms with van der Waals surface area (Å²) in [4.78, 5) is 0. The number of benzene rings is 1. The fraction of sp³-hybridized carbons (Fsp3) is 0.500. The van der Waals surface area contributed by atoms with Gasteiger partial charge in [0.15, 0.2) is 9.84 Å². The molecule has 0 heterocycles. The third kappa shape index (κ3) is 3.80. The van der Waals surface area contributed by atoms with Gasteiger partial charge in [-0.1, -0.05) is 29.8 Å². The van der Waals surface area contributed by atoms with Gasteiger partial charge in [0.1, 0.15) is 0 Å². The minimum atomic E-state index is -3.45. The highest BCUT2D eigenvalue weighted by molar-refractivity contribution is 7.91. The third-order valence-electron chi connectivity index (χ3n) is 2.69. The quantitative estimate of drug-likeness (QED) is 0.820. The topological polar surface area (TPSA) is 74.6 Å². The molecule has 0 saturated heterocycles. The summed E-state index contributed by atoms with van der Waals surface area (Å²) >= 11 is 0. The largest absolute Gasteiger partial charge is 0.394 e. The average molecular weight is 258 g/mol. The maximum atomic E-state index is 11.9. The van der Waals surface area contributed by atoms with Crippen molar-refractivity contribution in [2.45, 2.75) is 25.2 Å². The molecule has 0 aliphatic carbocycles. The van der Waals surface area contributed by atoms with E-state index in [1.807, 2.05) is 19.1 Å². The van der Waals surface area contributed by atoms with Gasteiger partial charge in [0.25, 0.3) is 0 Å². The lowest BCUT2D eigenvalue weighted by molar-refractivity contribution is 0.112. The predicted molar refractivity (Wildman–Crippen MR) is 66.5 cm³/mol. The van der Waals surface area contributed by atoms with E-state index in [2.05, 4.69) is 0 Å². The van der Waals surface area contributed by atoms with Crippen LogP contribution in [0, 0.1) is 6.92 Å². The molecule has 0 saturated carbocycles. The average Bonchev–Trinajstić information content (AvgIpc) is 2.27. The minimum Gasteiger partial charge on any atom is -0.394 e. The summed E-state index contributed by atoms with van der Waals surface area (Å²) in [6.45, 7) is 2.94. The number of rotatable bonds is 5. The van der Waals surface area contributed by atoms with E-state index in [0.29, 0.717) is 5.56 Å². The standard InChI is InChI=1S/C12H18O4S/c1-9-4-3-5-11(6-9)10(2)17(15,16)8-12(14)7-13/h3-6,10,12-14H,7-8H2,1-2H3. The maximum absolute atomic E-state index is 11.9. The van der Waals surface area contributed by atoms with E-state index in [4.69, 9.17) is 5.11 Å². The summed E-state index contributed by atoms with van der Waals surface area (Å²) in [5, 5.41) is 17.2. The van der Waals surface area contributed by atoms with Gasteiger partial charge in [0.2, 0.25) is 0 Å². The van der Waals surface area contributed by atoms with Crippen LogP contribution in [-0.2, 0) is 9.84 Å². The fourth-order valence-corrected chi connectivity index (χ4v) is 3.09. The Bertz CT molecular complexity index is 467. The van der Waals surface area contributed by atoms with Crippen LogP contribution >= 0.6 is 0 Å². The van der Waals surface area contributed by atoms with Gasteiger partial charge in [-0.15, -0.1) is 0 Å². The molecule has 2 unspecified atom stereocenters. The second-order valence-corrected chi connectivity index (χ2v) is 6.59. The van der Waals surface area contributed by atoms with Crippen molar-refractivity contribution in [1.29, 1.82) is 0 Å². The SMILES string of the molecule is Cc1cccc(C(C)S(=O)(=O)CC(O)CO)c1. The normalized spacial score (nSPS) is 15.5. The minimum absolute atomic E-state index is 0.418. The van der Waals surface area contributed by atoms with Crippen molar-refractivity contribution in [1.82, 2.24) is 0 Å². The summed E-state index contributed by atoms with van der Waals surface area (Å²) in [5.74, 6) is -0.418. The molecule has 1 aromatic rings. The smallest absolute Gasteiger partial charge is 0.159 e. The summed E-state index contributed by atoms with van der Waals surface area (Å²) in [7, 11) is -3.45. The highest BCUT2D eigenvalue weighted by Gasteiger charge is 2.25. The van der Waals surface area contributed by atoms with Crippen molar-refractivity contribution in [2.24, 2.45) is 0 Å². The molecule has 0 bridgehead atoms. The van der Waals surface area contributed by atoms with Gasteiger partial charge in [-0.25, -0.2) is 8.42 Å². The van der Waals surface area contributed by atoms with Crippen molar-refractivity contribution in [3.8, 4) is 0 Å². The summed E-state index contributed by atoms with van der Waals surface area (Å²) in [6.07, 6.45) is -1.22. The Morgan fingerprint density at radius 3 is 2.53 bits per heavy atom. The van der Waals surface area contributed by atoms with E-state index in [-0.39, 0.29) is 0 Å².